The molecule has 38 heavy (non-hydrogen) atoms. The number of benzene rings is 3. The van der Waals surface area contributed by atoms with E-state index in [2.05, 4.69) is 62.7 Å². The molecule has 0 spiro atoms. The van der Waals surface area contributed by atoms with Crippen LogP contribution in [-0.4, -0.2) is 38.8 Å². The van der Waals surface area contributed by atoms with Crippen molar-refractivity contribution in [3.05, 3.63) is 111 Å². The third kappa shape index (κ3) is 4.42. The summed E-state index contributed by atoms with van der Waals surface area (Å²) in [5, 5.41) is 13.9. The average Bonchev–Trinajstić information content (AvgIpc) is 3.41. The molecule has 8 nitrogen and oxygen atoms in total. The molecule has 0 saturated carbocycles. The van der Waals surface area contributed by atoms with Gasteiger partial charge in [-0.25, -0.2) is 4.68 Å². The molecule has 1 N–H and O–H groups in total. The Hall–Kier alpha value is -4.46. The SMILES string of the molecule is CCc1ccc2[nH]c(=O)c([C@H](c3nnnn3Cc3ccc(OC)cc3)N3CCCc4ccccc43)cc2c1. The summed E-state index contributed by atoms with van der Waals surface area (Å²) >= 11 is 0. The number of fused-ring (bicyclic) bond motifs is 2. The third-order valence-corrected chi connectivity index (χ3v) is 7.39. The lowest BCUT2D eigenvalue weighted by molar-refractivity contribution is 0.414. The second-order valence-electron chi connectivity index (χ2n) is 9.70. The van der Waals surface area contributed by atoms with Gasteiger partial charge in [0.25, 0.3) is 5.56 Å². The number of nitrogens with zero attached hydrogens (tertiary/aromatic N) is 5. The van der Waals surface area contributed by atoms with Crippen molar-refractivity contribution in [1.82, 2.24) is 25.2 Å². The number of tetrazole rings is 1. The second kappa shape index (κ2) is 10.1. The summed E-state index contributed by atoms with van der Waals surface area (Å²) in [5.41, 5.74) is 5.97. The van der Waals surface area contributed by atoms with Crippen molar-refractivity contribution >= 4 is 16.6 Å². The lowest BCUT2D eigenvalue weighted by Gasteiger charge is -2.37. The molecule has 0 aliphatic carbocycles. The summed E-state index contributed by atoms with van der Waals surface area (Å²) in [6.45, 7) is 3.40. The average molecular weight is 507 g/mol. The predicted molar refractivity (Wildman–Crippen MR) is 148 cm³/mol. The van der Waals surface area contributed by atoms with Gasteiger partial charge in [-0.05, 0) is 88.2 Å². The van der Waals surface area contributed by atoms with Gasteiger partial charge in [-0.1, -0.05) is 43.3 Å². The molecule has 192 valence electrons. The van der Waals surface area contributed by atoms with Crippen LogP contribution in [0.15, 0.2) is 77.6 Å². The molecule has 8 heteroatoms. The van der Waals surface area contributed by atoms with Crippen LogP contribution in [0.25, 0.3) is 10.9 Å². The maximum atomic E-state index is 13.6. The first-order chi connectivity index (χ1) is 18.6. The van der Waals surface area contributed by atoms with E-state index in [1.165, 1.54) is 11.1 Å². The van der Waals surface area contributed by atoms with Gasteiger partial charge in [0, 0.05) is 23.3 Å². The zero-order valence-corrected chi connectivity index (χ0v) is 21.6. The fourth-order valence-electron chi connectivity index (χ4n) is 5.40. The Morgan fingerprint density at radius 3 is 2.66 bits per heavy atom. The van der Waals surface area contributed by atoms with Crippen LogP contribution in [0.3, 0.4) is 0 Å². The predicted octanol–water partition coefficient (Wildman–Crippen LogP) is 4.68. The summed E-state index contributed by atoms with van der Waals surface area (Å²) in [7, 11) is 1.65. The van der Waals surface area contributed by atoms with Crippen molar-refractivity contribution in [2.24, 2.45) is 0 Å². The third-order valence-electron chi connectivity index (χ3n) is 7.39. The zero-order valence-electron chi connectivity index (χ0n) is 21.6. The molecule has 2 aromatic heterocycles. The van der Waals surface area contributed by atoms with Crippen LogP contribution >= 0.6 is 0 Å². The highest BCUT2D eigenvalue weighted by Crippen LogP contribution is 2.36. The molecule has 3 heterocycles. The number of hydrogen-bond acceptors (Lipinski definition) is 6. The van der Waals surface area contributed by atoms with E-state index in [9.17, 15) is 4.79 Å². The number of nitrogens with one attached hydrogen (secondary N) is 1. The van der Waals surface area contributed by atoms with Crippen LogP contribution in [-0.2, 0) is 19.4 Å². The minimum absolute atomic E-state index is 0.131. The smallest absolute Gasteiger partial charge is 0.254 e. The molecule has 0 saturated heterocycles. The fourth-order valence-corrected chi connectivity index (χ4v) is 5.40. The topological polar surface area (TPSA) is 88.9 Å². The summed E-state index contributed by atoms with van der Waals surface area (Å²) in [6, 6.07) is 24.0. The minimum Gasteiger partial charge on any atom is -0.497 e. The Bertz CT molecular complexity index is 1640. The lowest BCUT2D eigenvalue weighted by Crippen LogP contribution is -2.38. The van der Waals surface area contributed by atoms with Crippen LogP contribution < -0.4 is 15.2 Å². The molecule has 0 unspecified atom stereocenters. The number of hydrogen-bond donors (Lipinski definition) is 1. The number of aromatic amines is 1. The number of para-hydroxylation sites is 1. The van der Waals surface area contributed by atoms with E-state index in [0.29, 0.717) is 17.9 Å². The molecular weight excluding hydrogens is 476 g/mol. The van der Waals surface area contributed by atoms with Gasteiger partial charge in [0.1, 0.15) is 11.8 Å². The van der Waals surface area contributed by atoms with E-state index in [1.807, 2.05) is 42.5 Å². The number of anilines is 1. The summed E-state index contributed by atoms with van der Waals surface area (Å²) < 4.78 is 7.11. The first kappa shape index (κ1) is 23.9. The molecule has 0 amide bonds. The van der Waals surface area contributed by atoms with Crippen LogP contribution in [0.2, 0.25) is 0 Å². The molecular formula is C30H30N6O2. The van der Waals surface area contributed by atoms with Crippen LogP contribution in [0, 0.1) is 0 Å². The van der Waals surface area contributed by atoms with Crippen molar-refractivity contribution in [2.45, 2.75) is 38.8 Å². The molecule has 5 aromatic rings. The van der Waals surface area contributed by atoms with E-state index >= 15 is 0 Å². The number of rotatable bonds is 7. The number of aryl methyl sites for hydroxylation is 2. The number of aromatic nitrogens is 5. The Balaban J connectivity index is 1.51. The normalized spacial score (nSPS) is 13.9. The van der Waals surface area contributed by atoms with Gasteiger partial charge in [-0.15, -0.1) is 5.10 Å². The Morgan fingerprint density at radius 2 is 1.84 bits per heavy atom. The molecule has 1 aliphatic heterocycles. The van der Waals surface area contributed by atoms with Gasteiger partial charge >= 0.3 is 0 Å². The van der Waals surface area contributed by atoms with E-state index in [-0.39, 0.29) is 5.56 Å². The molecule has 1 aliphatic rings. The van der Waals surface area contributed by atoms with Crippen LogP contribution in [0.1, 0.15) is 47.5 Å². The van der Waals surface area contributed by atoms with Crippen molar-refractivity contribution < 1.29 is 4.74 Å². The largest absolute Gasteiger partial charge is 0.497 e. The first-order valence-corrected chi connectivity index (χ1v) is 13.0. The maximum absolute atomic E-state index is 13.6. The maximum Gasteiger partial charge on any atom is 0.254 e. The molecule has 3 aromatic carbocycles. The van der Waals surface area contributed by atoms with Gasteiger partial charge in [0.05, 0.1) is 13.7 Å². The zero-order chi connectivity index (χ0) is 26.1. The van der Waals surface area contributed by atoms with Gasteiger partial charge in [0.15, 0.2) is 5.82 Å². The van der Waals surface area contributed by atoms with Gasteiger partial charge in [-0.2, -0.15) is 0 Å². The Morgan fingerprint density at radius 1 is 1.03 bits per heavy atom. The Labute approximate surface area is 220 Å². The molecule has 6 rings (SSSR count). The number of methoxy groups -OCH3 is 1. The summed E-state index contributed by atoms with van der Waals surface area (Å²) in [4.78, 5) is 19.1. The van der Waals surface area contributed by atoms with Crippen molar-refractivity contribution in [2.75, 3.05) is 18.6 Å². The van der Waals surface area contributed by atoms with E-state index in [0.717, 1.165) is 53.7 Å². The van der Waals surface area contributed by atoms with E-state index in [1.54, 1.807) is 11.8 Å². The number of H-pyrrole nitrogens is 1. The fraction of sp³-hybridized carbons (Fsp3) is 0.267. The van der Waals surface area contributed by atoms with Gasteiger partial charge in [-0.3, -0.25) is 4.79 Å². The lowest BCUT2D eigenvalue weighted by atomic mass is 9.96. The van der Waals surface area contributed by atoms with Crippen molar-refractivity contribution in [3.8, 4) is 5.75 Å². The monoisotopic (exact) mass is 506 g/mol. The molecule has 0 bridgehead atoms. The number of pyridine rings is 1. The molecule has 0 radical (unpaired) electrons. The standard InChI is InChI=1S/C30H30N6O2/c1-3-20-12-15-26-23(17-20)18-25(30(37)31-26)28(35-16-6-8-22-7-4-5-9-27(22)35)29-32-33-34-36(29)19-21-10-13-24(38-2)14-11-21/h4-5,7,9-15,17-18,28H,3,6,8,16,19H2,1-2H3,(H,31,37)/t28-/m1/s1. The molecule has 1 atom stereocenters. The quantitative estimate of drug-likeness (QED) is 0.345. The highest BCUT2D eigenvalue weighted by Gasteiger charge is 2.33. The van der Waals surface area contributed by atoms with E-state index in [4.69, 9.17) is 4.74 Å². The summed E-state index contributed by atoms with van der Waals surface area (Å²) in [5.74, 6) is 1.43. The van der Waals surface area contributed by atoms with Gasteiger partial charge < -0.3 is 14.6 Å². The first-order valence-electron chi connectivity index (χ1n) is 13.0. The van der Waals surface area contributed by atoms with Crippen molar-refractivity contribution in [3.63, 3.8) is 0 Å². The Kier molecular flexibility index (Phi) is 6.37. The minimum atomic E-state index is -0.455. The second-order valence-corrected chi connectivity index (χ2v) is 9.70. The molecule has 0 fully saturated rings. The van der Waals surface area contributed by atoms with Crippen LogP contribution in [0.4, 0.5) is 5.69 Å². The van der Waals surface area contributed by atoms with Crippen LogP contribution in [0.5, 0.6) is 5.75 Å². The number of ether oxygens (including phenoxy) is 1. The van der Waals surface area contributed by atoms with E-state index < -0.39 is 6.04 Å². The highest BCUT2D eigenvalue weighted by atomic mass is 16.5. The highest BCUT2D eigenvalue weighted by molar-refractivity contribution is 5.80. The van der Waals surface area contributed by atoms with Gasteiger partial charge in [0.2, 0.25) is 0 Å². The van der Waals surface area contributed by atoms with Crippen molar-refractivity contribution in [1.29, 1.82) is 0 Å². The summed E-state index contributed by atoms with van der Waals surface area (Å²) in [6.07, 6.45) is 2.91.